The monoisotopic (exact) mass is 297 g/mol. The lowest BCUT2D eigenvalue weighted by atomic mass is 9.91. The van der Waals surface area contributed by atoms with Gasteiger partial charge in [0.25, 0.3) is 0 Å². The normalized spacial score (nSPS) is 14.0. The first-order chi connectivity index (χ1) is 9.12. The van der Waals surface area contributed by atoms with Gasteiger partial charge < -0.3 is 0 Å². The Morgan fingerprint density at radius 3 is 2.25 bits per heavy atom. The van der Waals surface area contributed by atoms with Crippen LogP contribution in [-0.2, 0) is 14.8 Å². The van der Waals surface area contributed by atoms with E-state index >= 15 is 0 Å². The molecule has 0 saturated carbocycles. The third kappa shape index (κ3) is 5.43. The topological polar surface area (TPSA) is 63.2 Å². The van der Waals surface area contributed by atoms with Crippen LogP contribution in [0.4, 0.5) is 0 Å². The van der Waals surface area contributed by atoms with Crippen molar-refractivity contribution >= 4 is 15.8 Å². The molecule has 1 aromatic carbocycles. The summed E-state index contributed by atoms with van der Waals surface area (Å²) in [4.78, 5) is 11.7. The fourth-order valence-corrected chi connectivity index (χ4v) is 3.03. The predicted molar refractivity (Wildman–Crippen MR) is 81.1 cm³/mol. The molecule has 1 unspecified atom stereocenters. The molecule has 5 heteroatoms. The fraction of sp³-hybridized carbons (Fsp3) is 0.533. The molecule has 0 amide bonds. The van der Waals surface area contributed by atoms with Crippen LogP contribution in [0.5, 0.6) is 0 Å². The average Bonchev–Trinajstić information content (AvgIpc) is 2.35. The number of carbonyl (C=O) groups is 1. The molecule has 112 valence electrons. The van der Waals surface area contributed by atoms with Gasteiger partial charge in [-0.25, -0.2) is 13.1 Å². The second-order valence-electron chi connectivity index (χ2n) is 6.09. The van der Waals surface area contributed by atoms with Crippen LogP contribution in [0.1, 0.15) is 39.2 Å². The van der Waals surface area contributed by atoms with Crippen molar-refractivity contribution in [2.45, 2.75) is 33.6 Å². The first-order valence-electron chi connectivity index (χ1n) is 6.67. The summed E-state index contributed by atoms with van der Waals surface area (Å²) < 4.78 is 26.4. The summed E-state index contributed by atoms with van der Waals surface area (Å²) in [6, 6.07) is 9.47. The van der Waals surface area contributed by atoms with Crippen LogP contribution >= 0.6 is 0 Å². The van der Waals surface area contributed by atoms with Crippen molar-refractivity contribution in [3.05, 3.63) is 35.9 Å². The van der Waals surface area contributed by atoms with E-state index in [1.54, 1.807) is 20.8 Å². The Hall–Kier alpha value is -1.20. The molecule has 1 N–H and O–H groups in total. The molecule has 0 saturated heterocycles. The maximum Gasteiger partial charge on any atom is 0.212 e. The standard InChI is InChI=1S/C15H23NO3S/c1-12(13-8-6-5-7-9-13)11-20(18,19)16-10-14(17)15(2,3)4/h5-9,12,16H,10-11H2,1-4H3. The third-order valence-electron chi connectivity index (χ3n) is 3.13. The molecule has 0 aliphatic heterocycles. The Bertz CT molecular complexity index is 544. The Kier molecular flexibility index (Phi) is 5.48. The maximum atomic E-state index is 12.0. The number of benzene rings is 1. The van der Waals surface area contributed by atoms with Gasteiger partial charge in [0.05, 0.1) is 12.3 Å². The molecule has 0 aliphatic rings. The first kappa shape index (κ1) is 16.9. The number of sulfonamides is 1. The lowest BCUT2D eigenvalue weighted by Crippen LogP contribution is -2.37. The molecular formula is C15H23NO3S. The molecule has 1 atom stereocenters. The minimum atomic E-state index is -3.46. The molecule has 0 fully saturated rings. The molecule has 0 radical (unpaired) electrons. The van der Waals surface area contributed by atoms with Gasteiger partial charge in [0, 0.05) is 5.41 Å². The maximum absolute atomic E-state index is 12.0. The van der Waals surface area contributed by atoms with Crippen LogP contribution in [0.3, 0.4) is 0 Å². The van der Waals surface area contributed by atoms with Crippen LogP contribution in [-0.4, -0.2) is 26.5 Å². The molecule has 0 spiro atoms. The van der Waals surface area contributed by atoms with E-state index in [9.17, 15) is 13.2 Å². The number of rotatable bonds is 6. The van der Waals surface area contributed by atoms with Crippen molar-refractivity contribution in [2.24, 2.45) is 5.41 Å². The number of carbonyl (C=O) groups excluding carboxylic acids is 1. The van der Waals surface area contributed by atoms with Crippen molar-refractivity contribution in [3.8, 4) is 0 Å². The Balaban J connectivity index is 2.61. The number of Topliss-reactive ketones (excluding diaryl/α,β-unsaturated/α-hetero) is 1. The van der Waals surface area contributed by atoms with Gasteiger partial charge in [-0.15, -0.1) is 0 Å². The Morgan fingerprint density at radius 1 is 1.20 bits per heavy atom. The van der Waals surface area contributed by atoms with E-state index in [-0.39, 0.29) is 24.0 Å². The molecule has 0 aromatic heterocycles. The molecule has 4 nitrogen and oxygen atoms in total. The zero-order valence-corrected chi connectivity index (χ0v) is 13.3. The number of hydrogen-bond donors (Lipinski definition) is 1. The fourth-order valence-electron chi connectivity index (χ4n) is 1.71. The van der Waals surface area contributed by atoms with Gasteiger partial charge in [0.2, 0.25) is 10.0 Å². The van der Waals surface area contributed by atoms with Gasteiger partial charge in [-0.1, -0.05) is 58.0 Å². The van der Waals surface area contributed by atoms with Crippen LogP contribution in [0, 0.1) is 5.41 Å². The van der Waals surface area contributed by atoms with E-state index in [0.717, 1.165) is 5.56 Å². The minimum Gasteiger partial charge on any atom is -0.298 e. The third-order valence-corrected chi connectivity index (χ3v) is 4.65. The second-order valence-corrected chi connectivity index (χ2v) is 7.94. The van der Waals surface area contributed by atoms with Gasteiger partial charge in [0.1, 0.15) is 0 Å². The first-order valence-corrected chi connectivity index (χ1v) is 8.32. The largest absolute Gasteiger partial charge is 0.298 e. The highest BCUT2D eigenvalue weighted by Crippen LogP contribution is 2.17. The average molecular weight is 297 g/mol. The Labute approximate surface area is 121 Å². The van der Waals surface area contributed by atoms with Crippen molar-refractivity contribution in [3.63, 3.8) is 0 Å². The van der Waals surface area contributed by atoms with Crippen molar-refractivity contribution < 1.29 is 13.2 Å². The van der Waals surface area contributed by atoms with Crippen LogP contribution < -0.4 is 4.72 Å². The summed E-state index contributed by atoms with van der Waals surface area (Å²) in [5, 5.41) is 0. The summed E-state index contributed by atoms with van der Waals surface area (Å²) in [6.45, 7) is 7.04. The molecule has 1 rings (SSSR count). The highest BCUT2D eigenvalue weighted by Gasteiger charge is 2.24. The summed E-state index contributed by atoms with van der Waals surface area (Å²) in [7, 11) is -3.46. The van der Waals surface area contributed by atoms with Gasteiger partial charge in [-0.2, -0.15) is 0 Å². The molecule has 0 bridgehead atoms. The van der Waals surface area contributed by atoms with Crippen LogP contribution in [0.2, 0.25) is 0 Å². The quantitative estimate of drug-likeness (QED) is 0.876. The van der Waals surface area contributed by atoms with Crippen molar-refractivity contribution in [2.75, 3.05) is 12.3 Å². The molecule has 0 aliphatic carbocycles. The highest BCUT2D eigenvalue weighted by molar-refractivity contribution is 7.89. The summed E-state index contributed by atoms with van der Waals surface area (Å²) in [6.07, 6.45) is 0. The van der Waals surface area contributed by atoms with Crippen LogP contribution in [0.15, 0.2) is 30.3 Å². The molecular weight excluding hydrogens is 274 g/mol. The number of nitrogens with one attached hydrogen (secondary N) is 1. The van der Waals surface area contributed by atoms with E-state index < -0.39 is 15.4 Å². The highest BCUT2D eigenvalue weighted by atomic mass is 32.2. The van der Waals surface area contributed by atoms with Gasteiger partial charge in [-0.05, 0) is 11.5 Å². The van der Waals surface area contributed by atoms with E-state index in [2.05, 4.69) is 4.72 Å². The minimum absolute atomic E-state index is 0.0194. The van der Waals surface area contributed by atoms with Gasteiger partial charge in [0.15, 0.2) is 5.78 Å². The van der Waals surface area contributed by atoms with Crippen molar-refractivity contribution in [1.29, 1.82) is 0 Å². The van der Waals surface area contributed by atoms with Gasteiger partial charge >= 0.3 is 0 Å². The van der Waals surface area contributed by atoms with E-state index in [1.807, 2.05) is 37.3 Å². The van der Waals surface area contributed by atoms with E-state index in [4.69, 9.17) is 0 Å². The van der Waals surface area contributed by atoms with Crippen molar-refractivity contribution in [1.82, 2.24) is 4.72 Å². The molecule has 20 heavy (non-hydrogen) atoms. The zero-order valence-electron chi connectivity index (χ0n) is 12.5. The predicted octanol–water partition coefficient (Wildman–Crippen LogP) is 2.32. The van der Waals surface area contributed by atoms with Gasteiger partial charge in [-0.3, -0.25) is 4.79 Å². The van der Waals surface area contributed by atoms with E-state index in [1.165, 1.54) is 0 Å². The SMILES string of the molecule is CC(CS(=O)(=O)NCC(=O)C(C)(C)C)c1ccccc1. The lowest BCUT2D eigenvalue weighted by Gasteiger charge is -2.18. The number of hydrogen-bond acceptors (Lipinski definition) is 3. The van der Waals surface area contributed by atoms with E-state index in [0.29, 0.717) is 0 Å². The Morgan fingerprint density at radius 2 is 1.75 bits per heavy atom. The molecule has 0 heterocycles. The smallest absolute Gasteiger partial charge is 0.212 e. The summed E-state index contributed by atoms with van der Waals surface area (Å²) >= 11 is 0. The lowest BCUT2D eigenvalue weighted by molar-refractivity contribution is -0.125. The second kappa shape index (κ2) is 6.50. The molecule has 1 aromatic rings. The zero-order chi connectivity index (χ0) is 15.4. The summed E-state index contributed by atoms with van der Waals surface area (Å²) in [5.41, 5.74) is 0.438. The summed E-state index contributed by atoms with van der Waals surface area (Å²) in [5.74, 6) is -0.249. The number of ketones is 1. The van der Waals surface area contributed by atoms with Crippen LogP contribution in [0.25, 0.3) is 0 Å².